The number of aliphatic carboxylic acids is 1. The van der Waals surface area contributed by atoms with Gasteiger partial charge in [0.2, 0.25) is 11.8 Å². The van der Waals surface area contributed by atoms with E-state index in [1.165, 1.54) is 6.07 Å². The highest BCUT2D eigenvalue weighted by Crippen LogP contribution is 2.42. The summed E-state index contributed by atoms with van der Waals surface area (Å²) in [5.74, 6) is -2.93. The third-order valence-electron chi connectivity index (χ3n) is 5.91. The van der Waals surface area contributed by atoms with Crippen LogP contribution in [-0.2, 0) is 32.0 Å². The molecule has 14 heteroatoms. The number of nitrogens with one attached hydrogen (secondary N) is 3. The highest BCUT2D eigenvalue weighted by Gasteiger charge is 2.31. The summed E-state index contributed by atoms with van der Waals surface area (Å²) in [4.78, 5) is 50.9. The standard InChI is InChI=1S/C27H31Br2N3O9/c1-12-5-13-8-17(32-26(39)41-27(2,3)4)23(35)31-19(11-33)24(36)30-18(25(37)38)9-14-6-15(28)22(16(29)7-14)40-20(10-13)21(12)34/h5-7,10,17-19,33-34H,8-9,11H2,1-4H3,(H,30,36)(H,31,35)(H,32,39)(H,37,38)/t17-,18-,19-/m0/s1. The lowest BCUT2D eigenvalue weighted by molar-refractivity contribution is -0.142. The van der Waals surface area contributed by atoms with Gasteiger partial charge in [0.15, 0.2) is 17.2 Å². The van der Waals surface area contributed by atoms with Gasteiger partial charge in [-0.2, -0.15) is 0 Å². The van der Waals surface area contributed by atoms with Crippen LogP contribution in [0.25, 0.3) is 0 Å². The van der Waals surface area contributed by atoms with Gasteiger partial charge in [-0.3, -0.25) is 9.59 Å². The summed E-state index contributed by atoms with van der Waals surface area (Å²) >= 11 is 6.84. The van der Waals surface area contributed by atoms with Crippen molar-refractivity contribution in [2.24, 2.45) is 0 Å². The number of rotatable bonds is 3. The Labute approximate surface area is 253 Å². The van der Waals surface area contributed by atoms with E-state index in [2.05, 4.69) is 47.8 Å². The van der Waals surface area contributed by atoms with E-state index in [0.717, 1.165) is 0 Å². The minimum absolute atomic E-state index is 0.0587. The number of aliphatic hydroxyl groups excluding tert-OH is 1. The van der Waals surface area contributed by atoms with Gasteiger partial charge in [-0.05, 0) is 94.4 Å². The molecule has 2 heterocycles. The number of hydrogen-bond donors (Lipinski definition) is 6. The van der Waals surface area contributed by atoms with Crippen LogP contribution >= 0.6 is 31.9 Å². The minimum atomic E-state index is -1.52. The topological polar surface area (TPSA) is 184 Å². The Balaban J connectivity index is 2.13. The molecule has 222 valence electrons. The van der Waals surface area contributed by atoms with Gasteiger partial charge in [-0.25, -0.2) is 9.59 Å². The van der Waals surface area contributed by atoms with Gasteiger partial charge in [-0.15, -0.1) is 0 Å². The summed E-state index contributed by atoms with van der Waals surface area (Å²) in [5.41, 5.74) is 0.542. The van der Waals surface area contributed by atoms with E-state index in [1.54, 1.807) is 45.9 Å². The van der Waals surface area contributed by atoms with Gasteiger partial charge in [0.05, 0.1) is 15.6 Å². The number of fused-ring (bicyclic) bond motifs is 10. The summed E-state index contributed by atoms with van der Waals surface area (Å²) in [6.07, 6.45) is -1.17. The van der Waals surface area contributed by atoms with Crippen molar-refractivity contribution in [3.63, 3.8) is 0 Å². The third kappa shape index (κ3) is 8.57. The molecule has 0 aromatic heterocycles. The van der Waals surface area contributed by atoms with Crippen molar-refractivity contribution in [1.29, 1.82) is 0 Å². The molecule has 0 unspecified atom stereocenters. The van der Waals surface area contributed by atoms with Crippen LogP contribution in [0.4, 0.5) is 4.79 Å². The van der Waals surface area contributed by atoms with Crippen LogP contribution in [0.5, 0.6) is 17.2 Å². The highest BCUT2D eigenvalue weighted by molar-refractivity contribution is 9.11. The average Bonchev–Trinajstić information content (AvgIpc) is 2.84. The fourth-order valence-electron chi connectivity index (χ4n) is 4.02. The number of hydrogen-bond acceptors (Lipinski definition) is 8. The van der Waals surface area contributed by atoms with Gasteiger partial charge in [-0.1, -0.05) is 6.07 Å². The number of alkyl carbamates (subject to hydrolysis) is 1. The second-order valence-electron chi connectivity index (χ2n) is 10.5. The quantitative estimate of drug-likeness (QED) is 0.280. The van der Waals surface area contributed by atoms with E-state index >= 15 is 0 Å². The SMILES string of the molecule is Cc1cc2cc(c1O)Oc1c(Br)cc(cc1Br)C[C@@H](C(=O)O)NC(=O)[C@H](CO)NC(=O)[C@@H](NC(=O)OC(C)(C)C)C2. The molecule has 2 aliphatic rings. The fraction of sp³-hybridized carbons (Fsp3) is 0.407. The first-order chi connectivity index (χ1) is 19.1. The number of phenolic OH excluding ortho intramolecular Hbond substituents is 1. The predicted octanol–water partition coefficient (Wildman–Crippen LogP) is 3.06. The summed E-state index contributed by atoms with van der Waals surface area (Å²) in [6.45, 7) is 5.74. The number of amides is 3. The molecule has 2 aromatic carbocycles. The van der Waals surface area contributed by atoms with Crippen molar-refractivity contribution in [2.75, 3.05) is 6.61 Å². The summed E-state index contributed by atoms with van der Waals surface area (Å²) in [5, 5.41) is 37.6. The lowest BCUT2D eigenvalue weighted by atomic mass is 10.0. The Kier molecular flexibility index (Phi) is 10.3. The molecule has 2 aliphatic heterocycles. The number of carbonyl (C=O) groups excluding carboxylic acids is 3. The van der Waals surface area contributed by atoms with Crippen molar-refractivity contribution >= 4 is 55.7 Å². The molecule has 41 heavy (non-hydrogen) atoms. The van der Waals surface area contributed by atoms with Crippen LogP contribution in [0, 0.1) is 6.92 Å². The lowest BCUT2D eigenvalue weighted by Crippen LogP contribution is -2.57. The number of carbonyl (C=O) groups is 4. The maximum absolute atomic E-state index is 13.3. The predicted molar refractivity (Wildman–Crippen MR) is 154 cm³/mol. The smallest absolute Gasteiger partial charge is 0.408 e. The molecular weight excluding hydrogens is 670 g/mol. The third-order valence-corrected chi connectivity index (χ3v) is 7.09. The molecule has 6 N–H and O–H groups in total. The zero-order valence-corrected chi connectivity index (χ0v) is 25.9. The number of carboxylic acid groups (broad SMARTS) is 1. The van der Waals surface area contributed by atoms with E-state index in [4.69, 9.17) is 9.47 Å². The highest BCUT2D eigenvalue weighted by atomic mass is 79.9. The first-order valence-corrected chi connectivity index (χ1v) is 14.1. The van der Waals surface area contributed by atoms with Gasteiger partial charge in [0.1, 0.15) is 23.7 Å². The van der Waals surface area contributed by atoms with E-state index in [1.807, 2.05) is 0 Å². The van der Waals surface area contributed by atoms with Crippen LogP contribution in [0.1, 0.15) is 37.5 Å². The number of aliphatic hydroxyl groups is 1. The molecule has 0 spiro atoms. The molecule has 12 nitrogen and oxygen atoms in total. The summed E-state index contributed by atoms with van der Waals surface area (Å²) < 4.78 is 12.2. The molecule has 0 saturated heterocycles. The van der Waals surface area contributed by atoms with Crippen molar-refractivity contribution in [3.05, 3.63) is 49.9 Å². The molecule has 3 amide bonds. The second-order valence-corrected chi connectivity index (χ2v) is 12.2. The van der Waals surface area contributed by atoms with Crippen molar-refractivity contribution in [2.45, 2.75) is 64.3 Å². The van der Waals surface area contributed by atoms with Crippen LogP contribution in [0.3, 0.4) is 0 Å². The number of halogens is 2. The van der Waals surface area contributed by atoms with E-state index in [-0.39, 0.29) is 30.1 Å². The lowest BCUT2D eigenvalue weighted by Gasteiger charge is -2.25. The second kappa shape index (κ2) is 13.1. The summed E-state index contributed by atoms with van der Waals surface area (Å²) in [6, 6.07) is 2.10. The van der Waals surface area contributed by atoms with Crippen LogP contribution in [-0.4, -0.2) is 69.5 Å². The number of aromatic hydroxyl groups is 1. The van der Waals surface area contributed by atoms with Gasteiger partial charge in [0.25, 0.3) is 0 Å². The molecule has 4 rings (SSSR count). The van der Waals surface area contributed by atoms with Crippen LogP contribution in [0.2, 0.25) is 0 Å². The number of benzene rings is 2. The van der Waals surface area contributed by atoms with E-state index in [0.29, 0.717) is 25.6 Å². The zero-order valence-electron chi connectivity index (χ0n) is 22.7. The Morgan fingerprint density at radius 3 is 2.22 bits per heavy atom. The monoisotopic (exact) mass is 699 g/mol. The normalized spacial score (nSPS) is 19.8. The largest absolute Gasteiger partial charge is 0.504 e. The number of carboxylic acids is 1. The number of phenols is 1. The maximum Gasteiger partial charge on any atom is 0.408 e. The summed E-state index contributed by atoms with van der Waals surface area (Å²) in [7, 11) is 0. The molecular formula is C27H31Br2N3O9. The van der Waals surface area contributed by atoms with Gasteiger partial charge >= 0.3 is 12.1 Å². The van der Waals surface area contributed by atoms with Crippen LogP contribution < -0.4 is 20.7 Å². The van der Waals surface area contributed by atoms with E-state index < -0.39 is 54.2 Å². The first-order valence-electron chi connectivity index (χ1n) is 12.5. The van der Waals surface area contributed by atoms with Crippen molar-refractivity contribution < 1.29 is 44.0 Å². The first kappa shape index (κ1) is 32.2. The molecule has 2 aromatic rings. The van der Waals surface area contributed by atoms with Crippen molar-refractivity contribution in [1.82, 2.24) is 16.0 Å². The molecule has 0 aliphatic carbocycles. The van der Waals surface area contributed by atoms with Crippen molar-refractivity contribution in [3.8, 4) is 17.2 Å². The molecule has 0 saturated carbocycles. The van der Waals surface area contributed by atoms with E-state index in [9.17, 15) is 34.5 Å². The van der Waals surface area contributed by atoms with Crippen LogP contribution in [0.15, 0.2) is 33.2 Å². The Morgan fingerprint density at radius 2 is 1.66 bits per heavy atom. The average molecular weight is 701 g/mol. The number of aryl methyl sites for hydroxylation is 1. The maximum atomic E-state index is 13.3. The fourth-order valence-corrected chi connectivity index (χ4v) is 5.46. The Bertz CT molecular complexity index is 1340. The molecule has 4 bridgehead atoms. The minimum Gasteiger partial charge on any atom is -0.504 e. The molecule has 0 fully saturated rings. The molecule has 0 radical (unpaired) electrons. The van der Waals surface area contributed by atoms with Gasteiger partial charge < -0.3 is 40.7 Å². The van der Waals surface area contributed by atoms with Gasteiger partial charge in [0, 0.05) is 12.8 Å². The Morgan fingerprint density at radius 1 is 1.05 bits per heavy atom. The molecule has 3 atom stereocenters. The number of ether oxygens (including phenoxy) is 2. The Hall–Kier alpha value is -3.36. The zero-order chi connectivity index (χ0) is 30.6.